The lowest BCUT2D eigenvalue weighted by Gasteiger charge is -2.31. The summed E-state index contributed by atoms with van der Waals surface area (Å²) in [5.74, 6) is -0.380. The molecule has 10 heteroatoms. The molecule has 0 spiro atoms. The number of aryl methyl sites for hydroxylation is 1. The van der Waals surface area contributed by atoms with Crippen LogP contribution in [0.25, 0.3) is 10.9 Å². The fourth-order valence-corrected chi connectivity index (χ4v) is 4.43. The van der Waals surface area contributed by atoms with Gasteiger partial charge in [-0.25, -0.2) is 23.1 Å². The number of hydrogen-bond acceptors (Lipinski definition) is 6. The van der Waals surface area contributed by atoms with E-state index in [0.717, 1.165) is 6.07 Å². The molecule has 1 aliphatic carbocycles. The molecule has 1 saturated carbocycles. The van der Waals surface area contributed by atoms with Gasteiger partial charge in [-0.1, -0.05) is 18.2 Å². The van der Waals surface area contributed by atoms with Crippen molar-refractivity contribution < 1.29 is 17.9 Å². The van der Waals surface area contributed by atoms with Gasteiger partial charge in [0.25, 0.3) is 12.0 Å². The first-order valence-corrected chi connectivity index (χ1v) is 11.0. The van der Waals surface area contributed by atoms with Gasteiger partial charge in [0.05, 0.1) is 47.7 Å². The third-order valence-electron chi connectivity index (χ3n) is 6.57. The number of rotatable bonds is 6. The monoisotopic (exact) mass is 469 g/mol. The van der Waals surface area contributed by atoms with E-state index in [0.29, 0.717) is 43.0 Å². The Labute approximate surface area is 193 Å². The normalized spacial score (nSPS) is 17.9. The third-order valence-corrected chi connectivity index (χ3v) is 6.57. The zero-order chi connectivity index (χ0) is 24.2. The average molecular weight is 469 g/mol. The molecular weight excluding hydrogens is 447 g/mol. The lowest BCUT2D eigenvalue weighted by Crippen LogP contribution is -2.41. The molecule has 1 aromatic carbocycles. The summed E-state index contributed by atoms with van der Waals surface area (Å²) in [7, 11) is 0. The molecule has 34 heavy (non-hydrogen) atoms. The van der Waals surface area contributed by atoms with E-state index in [2.05, 4.69) is 21.4 Å². The highest BCUT2D eigenvalue weighted by atomic mass is 19.3. The Bertz CT molecular complexity index is 1390. The zero-order valence-corrected chi connectivity index (χ0v) is 18.6. The average Bonchev–Trinajstić information content (AvgIpc) is 3.55. The Morgan fingerprint density at radius 2 is 1.97 bits per heavy atom. The quantitative estimate of drug-likeness (QED) is 0.573. The number of alkyl halides is 2. The van der Waals surface area contributed by atoms with Crippen molar-refractivity contribution in [3.8, 4) is 6.07 Å². The number of benzene rings is 1. The van der Waals surface area contributed by atoms with Crippen molar-refractivity contribution in [2.45, 2.75) is 50.6 Å². The molecule has 1 atom stereocenters. The topological polar surface area (TPSA) is 92.8 Å². The summed E-state index contributed by atoms with van der Waals surface area (Å²) in [6.07, 6.45) is -1.66. The van der Waals surface area contributed by atoms with Gasteiger partial charge < -0.3 is 14.6 Å². The van der Waals surface area contributed by atoms with Gasteiger partial charge in [0.15, 0.2) is 0 Å². The molecule has 2 fully saturated rings. The number of ether oxygens (including phenoxy) is 1. The number of aromatic nitrogens is 3. The van der Waals surface area contributed by atoms with Crippen LogP contribution in [0.1, 0.15) is 60.9 Å². The van der Waals surface area contributed by atoms with Gasteiger partial charge in [-0.05, 0) is 32.8 Å². The van der Waals surface area contributed by atoms with Crippen LogP contribution >= 0.6 is 0 Å². The molecule has 1 aliphatic heterocycles. The molecular formula is C24H22F3N5O2. The molecule has 7 nitrogen and oxygen atoms in total. The summed E-state index contributed by atoms with van der Waals surface area (Å²) in [5, 5.41) is 13.3. The molecule has 0 amide bonds. The number of halogens is 3. The summed E-state index contributed by atoms with van der Waals surface area (Å²) in [6.45, 7) is 4.02. The standard InChI is InChI=1S/C24H22F3N5O2/c1-12(15-4-3-5-16(19(15)25)21(26)27)29-22-17-8-18(24(11-28)6-7-24)32(14-9-34-10-14)23(33)20(17)30-13(2)31-22/h3-5,8,12,14,21H,6-7,9-10H2,1-2H3,(H,29,30,31)/t12-/m1/s1. The fraction of sp³-hybridized carbons (Fsp3) is 0.417. The number of nitrogens with one attached hydrogen (secondary N) is 1. The SMILES string of the molecule is Cc1nc(N[C@H](C)c2cccc(C(F)F)c2F)c2cc(C3(C#N)CC3)n(C3COC3)c(=O)c2n1. The van der Waals surface area contributed by atoms with Crippen molar-refractivity contribution in [3.05, 3.63) is 63.1 Å². The molecule has 1 N–H and O–H groups in total. The highest BCUT2D eigenvalue weighted by molar-refractivity contribution is 5.89. The molecule has 0 unspecified atom stereocenters. The van der Waals surface area contributed by atoms with E-state index in [4.69, 9.17) is 4.74 Å². The number of pyridine rings is 1. The van der Waals surface area contributed by atoms with Crippen molar-refractivity contribution in [2.75, 3.05) is 18.5 Å². The number of nitrogens with zero attached hydrogens (tertiary/aromatic N) is 4. The Hall–Kier alpha value is -3.45. The van der Waals surface area contributed by atoms with Gasteiger partial charge in [-0.3, -0.25) is 4.79 Å². The second-order valence-corrected chi connectivity index (χ2v) is 8.89. The van der Waals surface area contributed by atoms with E-state index in [-0.39, 0.29) is 28.5 Å². The summed E-state index contributed by atoms with van der Waals surface area (Å²) >= 11 is 0. The minimum Gasteiger partial charge on any atom is -0.377 e. The van der Waals surface area contributed by atoms with Crippen LogP contribution in [0, 0.1) is 24.1 Å². The number of hydrogen-bond donors (Lipinski definition) is 1. The number of fused-ring (bicyclic) bond motifs is 1. The van der Waals surface area contributed by atoms with E-state index in [9.17, 15) is 23.2 Å². The van der Waals surface area contributed by atoms with E-state index in [1.54, 1.807) is 24.5 Å². The van der Waals surface area contributed by atoms with Gasteiger partial charge >= 0.3 is 0 Å². The van der Waals surface area contributed by atoms with Crippen molar-refractivity contribution in [3.63, 3.8) is 0 Å². The first kappa shape index (κ1) is 22.3. The number of nitriles is 1. The van der Waals surface area contributed by atoms with Gasteiger partial charge in [-0.2, -0.15) is 5.26 Å². The first-order valence-electron chi connectivity index (χ1n) is 11.0. The van der Waals surface area contributed by atoms with Crippen LogP contribution in [0.2, 0.25) is 0 Å². The smallest absolute Gasteiger partial charge is 0.277 e. The first-order chi connectivity index (χ1) is 16.3. The summed E-state index contributed by atoms with van der Waals surface area (Å²) < 4.78 is 48.0. The second-order valence-electron chi connectivity index (χ2n) is 8.89. The molecule has 1 saturated heterocycles. The summed E-state index contributed by atoms with van der Waals surface area (Å²) in [5.41, 5.74) is -0.947. The van der Waals surface area contributed by atoms with E-state index < -0.39 is 29.3 Å². The molecule has 3 heterocycles. The molecule has 0 bridgehead atoms. The minimum atomic E-state index is -2.94. The van der Waals surface area contributed by atoms with E-state index in [1.807, 2.05) is 0 Å². The lowest BCUT2D eigenvalue weighted by molar-refractivity contribution is -0.0260. The largest absolute Gasteiger partial charge is 0.377 e. The summed E-state index contributed by atoms with van der Waals surface area (Å²) in [6, 6.07) is 7.06. The lowest BCUT2D eigenvalue weighted by atomic mass is 9.99. The van der Waals surface area contributed by atoms with Crippen LogP contribution in [-0.4, -0.2) is 27.7 Å². The maximum Gasteiger partial charge on any atom is 0.277 e. The second kappa shape index (κ2) is 8.09. The fourth-order valence-electron chi connectivity index (χ4n) is 4.43. The van der Waals surface area contributed by atoms with Gasteiger partial charge in [-0.15, -0.1) is 0 Å². The van der Waals surface area contributed by atoms with E-state index in [1.165, 1.54) is 12.1 Å². The van der Waals surface area contributed by atoms with Crippen LogP contribution in [0.3, 0.4) is 0 Å². The predicted octanol–water partition coefficient (Wildman–Crippen LogP) is 4.48. The van der Waals surface area contributed by atoms with Crippen molar-refractivity contribution in [1.82, 2.24) is 14.5 Å². The van der Waals surface area contributed by atoms with Gasteiger partial charge in [0.2, 0.25) is 0 Å². The van der Waals surface area contributed by atoms with E-state index >= 15 is 0 Å². The van der Waals surface area contributed by atoms with Gasteiger partial charge in [0.1, 0.15) is 23.0 Å². The molecule has 3 aromatic rings. The third kappa shape index (κ3) is 3.51. The molecule has 2 aliphatic rings. The van der Waals surface area contributed by atoms with Crippen molar-refractivity contribution in [1.29, 1.82) is 5.26 Å². The van der Waals surface area contributed by atoms with Crippen LogP contribution in [0.5, 0.6) is 0 Å². The van der Waals surface area contributed by atoms with Gasteiger partial charge in [0, 0.05) is 11.3 Å². The maximum absolute atomic E-state index is 14.7. The van der Waals surface area contributed by atoms with Crippen LogP contribution < -0.4 is 10.9 Å². The minimum absolute atomic E-state index is 0.0538. The van der Waals surface area contributed by atoms with Crippen LogP contribution in [-0.2, 0) is 10.2 Å². The highest BCUT2D eigenvalue weighted by Gasteiger charge is 2.48. The Morgan fingerprint density at radius 3 is 2.56 bits per heavy atom. The summed E-state index contributed by atoms with van der Waals surface area (Å²) in [4.78, 5) is 22.3. The molecule has 5 rings (SSSR count). The Morgan fingerprint density at radius 1 is 1.26 bits per heavy atom. The Balaban J connectivity index is 1.65. The van der Waals surface area contributed by atoms with Crippen molar-refractivity contribution >= 4 is 16.7 Å². The molecule has 2 aromatic heterocycles. The maximum atomic E-state index is 14.7. The predicted molar refractivity (Wildman–Crippen MR) is 118 cm³/mol. The highest BCUT2D eigenvalue weighted by Crippen LogP contribution is 2.48. The number of anilines is 1. The van der Waals surface area contributed by atoms with Crippen LogP contribution in [0.4, 0.5) is 19.0 Å². The van der Waals surface area contributed by atoms with Crippen molar-refractivity contribution in [2.24, 2.45) is 0 Å². The molecule has 0 radical (unpaired) electrons. The molecule has 176 valence electrons. The Kier molecular flexibility index (Phi) is 5.32. The zero-order valence-electron chi connectivity index (χ0n) is 18.6. The van der Waals surface area contributed by atoms with Crippen LogP contribution in [0.15, 0.2) is 29.1 Å².